The van der Waals surface area contributed by atoms with E-state index in [2.05, 4.69) is 15.5 Å². The maximum Gasteiger partial charge on any atom is 0.255 e. The summed E-state index contributed by atoms with van der Waals surface area (Å²) < 4.78 is 0. The SMILES string of the molecule is Cc1n[nH]c(C)c1NC(=O)c1ccc(N)cc1. The highest BCUT2D eigenvalue weighted by molar-refractivity contribution is 6.05. The predicted octanol–water partition coefficient (Wildman–Crippen LogP) is 1.86. The minimum Gasteiger partial charge on any atom is -0.399 e. The van der Waals surface area contributed by atoms with Crippen molar-refractivity contribution in [3.05, 3.63) is 41.2 Å². The molecule has 5 heteroatoms. The molecule has 0 spiro atoms. The fraction of sp³-hybridized carbons (Fsp3) is 0.167. The normalized spacial score (nSPS) is 10.2. The fourth-order valence-corrected chi connectivity index (χ4v) is 1.56. The van der Waals surface area contributed by atoms with E-state index >= 15 is 0 Å². The highest BCUT2D eigenvalue weighted by atomic mass is 16.1. The van der Waals surface area contributed by atoms with Crippen molar-refractivity contribution in [3.8, 4) is 0 Å². The van der Waals surface area contributed by atoms with E-state index in [9.17, 15) is 4.79 Å². The van der Waals surface area contributed by atoms with Crippen molar-refractivity contribution >= 4 is 17.3 Å². The van der Waals surface area contributed by atoms with Gasteiger partial charge in [-0.25, -0.2) is 0 Å². The molecular formula is C12H14N4O. The molecule has 4 N–H and O–H groups in total. The lowest BCUT2D eigenvalue weighted by Gasteiger charge is -2.05. The van der Waals surface area contributed by atoms with Crippen molar-refractivity contribution in [2.24, 2.45) is 0 Å². The summed E-state index contributed by atoms with van der Waals surface area (Å²) >= 11 is 0. The largest absolute Gasteiger partial charge is 0.399 e. The van der Waals surface area contributed by atoms with Gasteiger partial charge < -0.3 is 11.1 Å². The molecule has 0 aliphatic heterocycles. The number of hydrogen-bond acceptors (Lipinski definition) is 3. The molecular weight excluding hydrogens is 216 g/mol. The smallest absolute Gasteiger partial charge is 0.255 e. The molecule has 0 aliphatic rings. The van der Waals surface area contributed by atoms with Gasteiger partial charge in [0.25, 0.3) is 5.91 Å². The van der Waals surface area contributed by atoms with Gasteiger partial charge in [0, 0.05) is 11.3 Å². The van der Waals surface area contributed by atoms with Crippen LogP contribution in [0.4, 0.5) is 11.4 Å². The van der Waals surface area contributed by atoms with Gasteiger partial charge in [0.2, 0.25) is 0 Å². The lowest BCUT2D eigenvalue weighted by molar-refractivity contribution is 0.102. The molecule has 0 bridgehead atoms. The first-order valence-corrected chi connectivity index (χ1v) is 5.26. The Morgan fingerprint density at radius 3 is 2.47 bits per heavy atom. The summed E-state index contributed by atoms with van der Waals surface area (Å²) in [5, 5.41) is 9.66. The van der Waals surface area contributed by atoms with E-state index < -0.39 is 0 Å². The minimum absolute atomic E-state index is 0.169. The van der Waals surface area contributed by atoms with E-state index in [-0.39, 0.29) is 5.91 Å². The molecule has 0 saturated heterocycles. The molecule has 1 aromatic carbocycles. The predicted molar refractivity (Wildman–Crippen MR) is 66.9 cm³/mol. The Morgan fingerprint density at radius 2 is 1.94 bits per heavy atom. The number of nitrogen functional groups attached to an aromatic ring is 1. The summed E-state index contributed by atoms with van der Waals surface area (Å²) in [6.07, 6.45) is 0. The number of rotatable bonds is 2. The van der Waals surface area contributed by atoms with Crippen molar-refractivity contribution in [3.63, 3.8) is 0 Å². The van der Waals surface area contributed by atoms with Gasteiger partial charge in [0.1, 0.15) is 0 Å². The third-order valence-corrected chi connectivity index (χ3v) is 2.54. The number of nitrogens with zero attached hydrogens (tertiary/aromatic N) is 1. The van der Waals surface area contributed by atoms with Gasteiger partial charge in [-0.05, 0) is 38.1 Å². The molecule has 0 fully saturated rings. The highest BCUT2D eigenvalue weighted by Gasteiger charge is 2.11. The third-order valence-electron chi connectivity index (χ3n) is 2.54. The second kappa shape index (κ2) is 4.29. The van der Waals surface area contributed by atoms with Crippen LogP contribution in [0, 0.1) is 13.8 Å². The Balaban J connectivity index is 2.20. The van der Waals surface area contributed by atoms with Crippen LogP contribution in [0.5, 0.6) is 0 Å². The minimum atomic E-state index is -0.169. The van der Waals surface area contributed by atoms with Crippen LogP contribution in [-0.2, 0) is 0 Å². The van der Waals surface area contributed by atoms with Gasteiger partial charge in [-0.15, -0.1) is 0 Å². The van der Waals surface area contributed by atoms with Crippen LogP contribution in [0.3, 0.4) is 0 Å². The zero-order chi connectivity index (χ0) is 12.4. The Morgan fingerprint density at radius 1 is 1.29 bits per heavy atom. The van der Waals surface area contributed by atoms with Gasteiger partial charge in [-0.3, -0.25) is 9.89 Å². The first-order chi connectivity index (χ1) is 8.08. The third kappa shape index (κ3) is 2.28. The Labute approximate surface area is 99.0 Å². The summed E-state index contributed by atoms with van der Waals surface area (Å²) in [7, 11) is 0. The van der Waals surface area contributed by atoms with Crippen LogP contribution >= 0.6 is 0 Å². The molecule has 2 rings (SSSR count). The van der Waals surface area contributed by atoms with Crippen LogP contribution in [0.25, 0.3) is 0 Å². The number of nitrogens with one attached hydrogen (secondary N) is 2. The number of aryl methyl sites for hydroxylation is 2. The Bertz CT molecular complexity index is 523. The molecule has 0 atom stereocenters. The Kier molecular flexibility index (Phi) is 2.82. The molecule has 17 heavy (non-hydrogen) atoms. The highest BCUT2D eigenvalue weighted by Crippen LogP contribution is 2.17. The van der Waals surface area contributed by atoms with Crippen LogP contribution in [0.15, 0.2) is 24.3 Å². The number of aromatic amines is 1. The number of amides is 1. The van der Waals surface area contributed by atoms with Crippen LogP contribution < -0.4 is 11.1 Å². The van der Waals surface area contributed by atoms with Crippen LogP contribution in [0.2, 0.25) is 0 Å². The zero-order valence-corrected chi connectivity index (χ0v) is 9.74. The van der Waals surface area contributed by atoms with Gasteiger partial charge in [-0.2, -0.15) is 5.10 Å². The molecule has 1 heterocycles. The average molecular weight is 230 g/mol. The lowest BCUT2D eigenvalue weighted by Crippen LogP contribution is -2.12. The molecule has 2 aromatic rings. The van der Waals surface area contributed by atoms with Crippen molar-refractivity contribution in [1.29, 1.82) is 0 Å². The number of H-pyrrole nitrogens is 1. The quantitative estimate of drug-likeness (QED) is 0.688. The van der Waals surface area contributed by atoms with Gasteiger partial charge in [-0.1, -0.05) is 0 Å². The standard InChI is InChI=1S/C12H14N4O/c1-7-11(8(2)16-15-7)14-12(17)9-3-5-10(13)6-4-9/h3-6H,13H2,1-2H3,(H,14,17)(H,15,16). The molecule has 0 radical (unpaired) electrons. The first-order valence-electron chi connectivity index (χ1n) is 5.26. The number of carbonyl (C=O) groups excluding carboxylic acids is 1. The number of nitrogens with two attached hydrogens (primary N) is 1. The zero-order valence-electron chi connectivity index (χ0n) is 9.74. The van der Waals surface area contributed by atoms with E-state index in [1.807, 2.05) is 13.8 Å². The number of aromatic nitrogens is 2. The van der Waals surface area contributed by atoms with Gasteiger partial charge in [0.15, 0.2) is 0 Å². The number of hydrogen-bond donors (Lipinski definition) is 3. The monoisotopic (exact) mass is 230 g/mol. The van der Waals surface area contributed by atoms with Crippen molar-refractivity contribution in [2.45, 2.75) is 13.8 Å². The molecule has 0 aliphatic carbocycles. The molecule has 0 unspecified atom stereocenters. The van der Waals surface area contributed by atoms with Crippen LogP contribution in [-0.4, -0.2) is 16.1 Å². The second-order valence-electron chi connectivity index (χ2n) is 3.89. The average Bonchev–Trinajstić information content (AvgIpc) is 2.61. The Hall–Kier alpha value is -2.30. The number of carbonyl (C=O) groups is 1. The second-order valence-corrected chi connectivity index (χ2v) is 3.89. The topological polar surface area (TPSA) is 83.8 Å². The summed E-state index contributed by atoms with van der Waals surface area (Å²) in [5.74, 6) is -0.169. The van der Waals surface area contributed by atoms with Gasteiger partial charge >= 0.3 is 0 Å². The van der Waals surface area contributed by atoms with E-state index in [0.717, 1.165) is 17.1 Å². The van der Waals surface area contributed by atoms with Crippen molar-refractivity contribution in [1.82, 2.24) is 10.2 Å². The fourth-order valence-electron chi connectivity index (χ4n) is 1.56. The number of benzene rings is 1. The summed E-state index contributed by atoms with van der Waals surface area (Å²) in [4.78, 5) is 11.9. The van der Waals surface area contributed by atoms with E-state index in [0.29, 0.717) is 11.3 Å². The van der Waals surface area contributed by atoms with Gasteiger partial charge in [0.05, 0.1) is 17.1 Å². The van der Waals surface area contributed by atoms with E-state index in [4.69, 9.17) is 5.73 Å². The van der Waals surface area contributed by atoms with E-state index in [1.165, 1.54) is 0 Å². The maximum absolute atomic E-state index is 11.9. The number of anilines is 2. The molecule has 5 nitrogen and oxygen atoms in total. The lowest BCUT2D eigenvalue weighted by atomic mass is 10.2. The van der Waals surface area contributed by atoms with Crippen LogP contribution in [0.1, 0.15) is 21.7 Å². The van der Waals surface area contributed by atoms with Crippen molar-refractivity contribution in [2.75, 3.05) is 11.1 Å². The molecule has 1 amide bonds. The first kappa shape index (κ1) is 11.2. The summed E-state index contributed by atoms with van der Waals surface area (Å²) in [5.41, 5.74) is 9.11. The summed E-state index contributed by atoms with van der Waals surface area (Å²) in [6.45, 7) is 3.70. The molecule has 88 valence electrons. The molecule has 0 saturated carbocycles. The van der Waals surface area contributed by atoms with Crippen molar-refractivity contribution < 1.29 is 4.79 Å². The summed E-state index contributed by atoms with van der Waals surface area (Å²) in [6, 6.07) is 6.78. The maximum atomic E-state index is 11.9. The van der Waals surface area contributed by atoms with E-state index in [1.54, 1.807) is 24.3 Å². The molecule has 1 aromatic heterocycles.